The fourth-order valence-electron chi connectivity index (χ4n) is 2.32. The maximum atomic E-state index is 3.67. The topological polar surface area (TPSA) is 12.0 Å². The Morgan fingerprint density at radius 1 is 1.10 bits per heavy atom. The molecule has 1 atom stereocenters. The fourth-order valence-corrected chi connectivity index (χ4v) is 6.60. The SMILES string of the molecule is CCNC(c1ccc(-c2c(Br)cc(Br)cc2Br)s1)C(C)C. The lowest BCUT2D eigenvalue weighted by Crippen LogP contribution is -2.24. The Morgan fingerprint density at radius 3 is 2.24 bits per heavy atom. The van der Waals surface area contributed by atoms with Gasteiger partial charge in [0, 0.05) is 34.8 Å². The number of halogens is 3. The van der Waals surface area contributed by atoms with Crippen molar-refractivity contribution in [3.05, 3.63) is 42.6 Å². The minimum atomic E-state index is 0.418. The Balaban J connectivity index is 2.40. The molecule has 0 spiro atoms. The molecule has 2 aromatic rings. The van der Waals surface area contributed by atoms with Crippen LogP contribution in [0.25, 0.3) is 10.4 Å². The Hall–Kier alpha value is 0.320. The van der Waals surface area contributed by atoms with Gasteiger partial charge in [-0.15, -0.1) is 11.3 Å². The van der Waals surface area contributed by atoms with Crippen LogP contribution in [0.5, 0.6) is 0 Å². The van der Waals surface area contributed by atoms with E-state index in [1.54, 1.807) is 0 Å². The summed E-state index contributed by atoms with van der Waals surface area (Å²) < 4.78 is 3.26. The van der Waals surface area contributed by atoms with Crippen molar-refractivity contribution in [1.29, 1.82) is 0 Å². The Morgan fingerprint density at radius 2 is 1.71 bits per heavy atom. The maximum absolute atomic E-state index is 3.67. The van der Waals surface area contributed by atoms with Gasteiger partial charge in [-0.1, -0.05) is 68.6 Å². The van der Waals surface area contributed by atoms with E-state index in [4.69, 9.17) is 0 Å². The second-order valence-corrected chi connectivity index (χ2v) is 8.97. The average Bonchev–Trinajstić information content (AvgIpc) is 2.83. The van der Waals surface area contributed by atoms with Crippen LogP contribution in [0.3, 0.4) is 0 Å². The molecule has 1 nitrogen and oxygen atoms in total. The van der Waals surface area contributed by atoms with E-state index in [-0.39, 0.29) is 0 Å². The van der Waals surface area contributed by atoms with E-state index in [2.05, 4.69) is 98.1 Å². The molecular formula is C16H18Br3NS. The molecule has 21 heavy (non-hydrogen) atoms. The van der Waals surface area contributed by atoms with Gasteiger partial charge in [-0.2, -0.15) is 0 Å². The minimum Gasteiger partial charge on any atom is -0.309 e. The zero-order valence-electron chi connectivity index (χ0n) is 12.2. The predicted octanol–water partition coefficient (Wildman–Crippen LogP) is 7.01. The summed E-state index contributed by atoms with van der Waals surface area (Å²) in [6, 6.07) is 9.05. The van der Waals surface area contributed by atoms with Gasteiger partial charge < -0.3 is 5.32 Å². The fraction of sp³-hybridized carbons (Fsp3) is 0.375. The Labute approximate surface area is 155 Å². The van der Waals surface area contributed by atoms with Crippen LogP contribution >= 0.6 is 59.1 Å². The normalized spacial score (nSPS) is 12.9. The lowest BCUT2D eigenvalue weighted by molar-refractivity contribution is 0.428. The first-order valence-corrected chi connectivity index (χ1v) is 10.1. The molecule has 5 heteroatoms. The van der Waals surface area contributed by atoms with Crippen molar-refractivity contribution in [2.75, 3.05) is 6.54 Å². The third-order valence-corrected chi connectivity index (χ3v) is 6.17. The van der Waals surface area contributed by atoms with Gasteiger partial charge >= 0.3 is 0 Å². The standard InChI is InChI=1S/C16H18Br3NS/c1-4-20-16(9(2)3)14-6-5-13(21-14)15-11(18)7-10(17)8-12(15)19/h5-9,16,20H,4H2,1-3H3. The van der Waals surface area contributed by atoms with Crippen LogP contribution in [-0.4, -0.2) is 6.54 Å². The van der Waals surface area contributed by atoms with E-state index in [0.29, 0.717) is 12.0 Å². The van der Waals surface area contributed by atoms with Crippen molar-refractivity contribution >= 4 is 59.1 Å². The van der Waals surface area contributed by atoms with Crippen LogP contribution in [0.2, 0.25) is 0 Å². The van der Waals surface area contributed by atoms with Gasteiger partial charge in [-0.3, -0.25) is 0 Å². The number of rotatable bonds is 5. The molecule has 1 unspecified atom stereocenters. The zero-order chi connectivity index (χ0) is 15.6. The minimum absolute atomic E-state index is 0.418. The van der Waals surface area contributed by atoms with Crippen LogP contribution in [0.1, 0.15) is 31.7 Å². The second-order valence-electron chi connectivity index (χ2n) is 5.23. The molecule has 0 saturated heterocycles. The first kappa shape index (κ1) is 17.7. The predicted molar refractivity (Wildman–Crippen MR) is 104 cm³/mol. The number of benzene rings is 1. The summed E-state index contributed by atoms with van der Waals surface area (Å²) in [4.78, 5) is 2.67. The largest absolute Gasteiger partial charge is 0.309 e. The third-order valence-electron chi connectivity index (χ3n) is 3.28. The molecule has 2 rings (SSSR count). The summed E-state index contributed by atoms with van der Waals surface area (Å²) in [5.41, 5.74) is 1.22. The molecule has 0 saturated carbocycles. The molecule has 0 aliphatic rings. The molecule has 0 bridgehead atoms. The number of hydrogen-bond acceptors (Lipinski definition) is 2. The second kappa shape index (κ2) is 7.73. The van der Waals surface area contributed by atoms with Crippen LogP contribution in [0.4, 0.5) is 0 Å². The number of nitrogens with one attached hydrogen (secondary N) is 1. The maximum Gasteiger partial charge on any atom is 0.0438 e. The molecule has 1 aromatic heterocycles. The van der Waals surface area contributed by atoms with E-state index in [1.807, 2.05) is 11.3 Å². The smallest absolute Gasteiger partial charge is 0.0438 e. The quantitative estimate of drug-likeness (QED) is 0.470. The first-order valence-electron chi connectivity index (χ1n) is 6.92. The molecule has 0 radical (unpaired) electrons. The summed E-state index contributed by atoms with van der Waals surface area (Å²) in [7, 11) is 0. The van der Waals surface area contributed by atoms with Gasteiger partial charge in [0.25, 0.3) is 0 Å². The highest BCUT2D eigenvalue weighted by Gasteiger charge is 2.18. The van der Waals surface area contributed by atoms with Crippen LogP contribution in [0.15, 0.2) is 37.7 Å². The molecule has 0 aliphatic heterocycles. The third kappa shape index (κ3) is 4.20. The van der Waals surface area contributed by atoms with Crippen molar-refractivity contribution in [3.63, 3.8) is 0 Å². The van der Waals surface area contributed by atoms with Crippen molar-refractivity contribution in [2.24, 2.45) is 5.92 Å². The molecule has 0 amide bonds. The highest BCUT2D eigenvalue weighted by atomic mass is 79.9. The van der Waals surface area contributed by atoms with Crippen molar-refractivity contribution in [3.8, 4) is 10.4 Å². The Kier molecular flexibility index (Phi) is 6.51. The van der Waals surface area contributed by atoms with Crippen molar-refractivity contribution in [2.45, 2.75) is 26.8 Å². The van der Waals surface area contributed by atoms with Crippen molar-refractivity contribution < 1.29 is 0 Å². The lowest BCUT2D eigenvalue weighted by atomic mass is 10.0. The highest BCUT2D eigenvalue weighted by molar-refractivity contribution is 9.11. The van der Waals surface area contributed by atoms with E-state index >= 15 is 0 Å². The van der Waals surface area contributed by atoms with E-state index in [9.17, 15) is 0 Å². The number of hydrogen-bond donors (Lipinski definition) is 1. The molecular weight excluding hydrogens is 478 g/mol. The van der Waals surface area contributed by atoms with E-state index in [0.717, 1.165) is 20.0 Å². The molecule has 0 aliphatic carbocycles. The molecule has 0 fully saturated rings. The zero-order valence-corrected chi connectivity index (χ0v) is 17.8. The number of thiophene rings is 1. The van der Waals surface area contributed by atoms with Crippen molar-refractivity contribution in [1.82, 2.24) is 5.32 Å². The van der Waals surface area contributed by atoms with Gasteiger partial charge in [-0.05, 0) is 36.7 Å². The van der Waals surface area contributed by atoms with Gasteiger partial charge in [-0.25, -0.2) is 0 Å². The van der Waals surface area contributed by atoms with Crippen LogP contribution in [0, 0.1) is 5.92 Å². The monoisotopic (exact) mass is 493 g/mol. The lowest BCUT2D eigenvalue weighted by Gasteiger charge is -2.20. The summed E-state index contributed by atoms with van der Waals surface area (Å²) in [6.07, 6.45) is 0. The molecule has 114 valence electrons. The van der Waals surface area contributed by atoms with Gasteiger partial charge in [0.1, 0.15) is 0 Å². The molecule has 1 aromatic carbocycles. The summed E-state index contributed by atoms with van der Waals surface area (Å²) in [5, 5.41) is 3.58. The summed E-state index contributed by atoms with van der Waals surface area (Å²) in [5.74, 6) is 0.577. The first-order chi connectivity index (χ1) is 9.93. The van der Waals surface area contributed by atoms with Crippen LogP contribution in [-0.2, 0) is 0 Å². The Bertz CT molecular complexity index is 599. The van der Waals surface area contributed by atoms with E-state index < -0.39 is 0 Å². The van der Waals surface area contributed by atoms with Gasteiger partial charge in [0.15, 0.2) is 0 Å². The highest BCUT2D eigenvalue weighted by Crippen LogP contribution is 2.42. The molecule has 1 N–H and O–H groups in total. The average molecular weight is 496 g/mol. The summed E-state index contributed by atoms with van der Waals surface area (Å²) >= 11 is 12.7. The molecule has 1 heterocycles. The summed E-state index contributed by atoms with van der Waals surface area (Å²) in [6.45, 7) is 7.67. The van der Waals surface area contributed by atoms with Crippen LogP contribution < -0.4 is 5.32 Å². The van der Waals surface area contributed by atoms with Gasteiger partial charge in [0.2, 0.25) is 0 Å². The van der Waals surface area contributed by atoms with Gasteiger partial charge in [0.05, 0.1) is 0 Å². The van der Waals surface area contributed by atoms with E-state index in [1.165, 1.54) is 15.3 Å².